The van der Waals surface area contributed by atoms with Crippen LogP contribution in [0.25, 0.3) is 0 Å². The van der Waals surface area contributed by atoms with E-state index in [4.69, 9.17) is 16.3 Å². The Labute approximate surface area is 182 Å². The van der Waals surface area contributed by atoms with Crippen molar-refractivity contribution in [3.8, 4) is 5.75 Å². The maximum absolute atomic E-state index is 13.2. The van der Waals surface area contributed by atoms with E-state index in [-0.39, 0.29) is 23.8 Å². The molecule has 7 heteroatoms. The minimum Gasteiger partial charge on any atom is -0.496 e. The van der Waals surface area contributed by atoms with Crippen LogP contribution in [0.2, 0.25) is 5.02 Å². The second kappa shape index (κ2) is 9.94. The molecule has 0 bridgehead atoms. The number of nitrogens with zero attached hydrogens (tertiary/aromatic N) is 3. The van der Waals surface area contributed by atoms with Crippen LogP contribution in [-0.4, -0.2) is 52.8 Å². The molecule has 2 heterocycles. The van der Waals surface area contributed by atoms with Gasteiger partial charge in [0.1, 0.15) is 5.75 Å². The van der Waals surface area contributed by atoms with Crippen molar-refractivity contribution >= 4 is 23.4 Å². The van der Waals surface area contributed by atoms with Crippen molar-refractivity contribution in [2.24, 2.45) is 5.92 Å². The lowest BCUT2D eigenvalue weighted by Gasteiger charge is -2.40. The largest absolute Gasteiger partial charge is 0.496 e. The fourth-order valence-electron chi connectivity index (χ4n) is 3.81. The molecule has 160 valence electrons. The summed E-state index contributed by atoms with van der Waals surface area (Å²) in [7, 11) is 1.53. The molecule has 0 saturated carbocycles. The second-order valence-electron chi connectivity index (χ2n) is 7.87. The minimum atomic E-state index is -0.121. The highest BCUT2D eigenvalue weighted by atomic mass is 35.5. The first-order valence-corrected chi connectivity index (χ1v) is 10.6. The van der Waals surface area contributed by atoms with Crippen LogP contribution in [0.3, 0.4) is 0 Å². The van der Waals surface area contributed by atoms with E-state index in [0.29, 0.717) is 36.0 Å². The predicted molar refractivity (Wildman–Crippen MR) is 117 cm³/mol. The Kier molecular flexibility index (Phi) is 7.32. The number of rotatable bonds is 6. The van der Waals surface area contributed by atoms with E-state index < -0.39 is 0 Å². The molecule has 0 radical (unpaired) electrons. The van der Waals surface area contributed by atoms with Crippen LogP contribution in [0.5, 0.6) is 5.75 Å². The van der Waals surface area contributed by atoms with E-state index in [9.17, 15) is 9.59 Å². The van der Waals surface area contributed by atoms with Gasteiger partial charge in [-0.2, -0.15) is 0 Å². The van der Waals surface area contributed by atoms with Crippen LogP contribution >= 0.6 is 11.6 Å². The van der Waals surface area contributed by atoms with Crippen LogP contribution in [0, 0.1) is 5.92 Å². The summed E-state index contributed by atoms with van der Waals surface area (Å²) in [5, 5.41) is 0.519. The summed E-state index contributed by atoms with van der Waals surface area (Å²) in [6.07, 6.45) is 5.20. The molecule has 0 aliphatic carbocycles. The summed E-state index contributed by atoms with van der Waals surface area (Å²) in [5.74, 6) is 0.318. The van der Waals surface area contributed by atoms with E-state index in [1.165, 1.54) is 7.11 Å². The van der Waals surface area contributed by atoms with Gasteiger partial charge < -0.3 is 14.5 Å². The molecule has 1 saturated heterocycles. The average molecular weight is 430 g/mol. The van der Waals surface area contributed by atoms with Crippen molar-refractivity contribution in [1.29, 1.82) is 0 Å². The van der Waals surface area contributed by atoms with Crippen molar-refractivity contribution in [3.63, 3.8) is 0 Å². The molecule has 1 aliphatic heterocycles. The van der Waals surface area contributed by atoms with Crippen LogP contribution in [0.4, 0.5) is 0 Å². The first-order valence-electron chi connectivity index (χ1n) is 10.2. The van der Waals surface area contributed by atoms with E-state index >= 15 is 0 Å². The molecule has 1 aromatic heterocycles. The molecule has 1 unspecified atom stereocenters. The van der Waals surface area contributed by atoms with Crippen molar-refractivity contribution in [2.75, 3.05) is 20.2 Å². The zero-order valence-corrected chi connectivity index (χ0v) is 18.4. The molecule has 3 rings (SSSR count). The van der Waals surface area contributed by atoms with Crippen LogP contribution in [-0.2, 0) is 11.3 Å². The van der Waals surface area contributed by atoms with Gasteiger partial charge in [0.2, 0.25) is 5.91 Å². The molecule has 30 heavy (non-hydrogen) atoms. The lowest BCUT2D eigenvalue weighted by Crippen LogP contribution is -2.52. The Balaban J connectivity index is 1.81. The third kappa shape index (κ3) is 5.11. The molecule has 6 nitrogen and oxygen atoms in total. The third-order valence-electron chi connectivity index (χ3n) is 5.37. The highest BCUT2D eigenvalue weighted by Crippen LogP contribution is 2.27. The van der Waals surface area contributed by atoms with Crippen LogP contribution < -0.4 is 4.74 Å². The van der Waals surface area contributed by atoms with Crippen molar-refractivity contribution in [1.82, 2.24) is 14.8 Å². The number of methoxy groups -OCH3 is 1. The predicted octanol–water partition coefficient (Wildman–Crippen LogP) is 4.03. The highest BCUT2D eigenvalue weighted by molar-refractivity contribution is 6.30. The van der Waals surface area contributed by atoms with Crippen molar-refractivity contribution < 1.29 is 14.3 Å². The quantitative estimate of drug-likeness (QED) is 0.695. The maximum atomic E-state index is 13.2. The van der Waals surface area contributed by atoms with Crippen LogP contribution in [0.15, 0.2) is 42.7 Å². The number of carbonyl (C=O) groups excluding carboxylic acids is 2. The van der Waals surface area contributed by atoms with Crippen molar-refractivity contribution in [2.45, 2.75) is 39.3 Å². The first-order chi connectivity index (χ1) is 14.4. The molecule has 1 aromatic carbocycles. The fourth-order valence-corrected chi connectivity index (χ4v) is 3.97. The smallest absolute Gasteiger partial charge is 0.257 e. The Morgan fingerprint density at radius 3 is 2.80 bits per heavy atom. The number of likely N-dealkylation sites (tertiary alicyclic amines) is 1. The molecular weight excluding hydrogens is 402 g/mol. The summed E-state index contributed by atoms with van der Waals surface area (Å²) < 4.78 is 5.36. The van der Waals surface area contributed by atoms with E-state index in [2.05, 4.69) is 4.98 Å². The number of carbonyl (C=O) groups is 2. The number of benzene rings is 1. The number of halogens is 1. The van der Waals surface area contributed by atoms with Gasteiger partial charge in [0.05, 0.1) is 12.7 Å². The summed E-state index contributed by atoms with van der Waals surface area (Å²) in [5.41, 5.74) is 1.46. The van der Waals surface area contributed by atoms with E-state index in [1.54, 1.807) is 30.6 Å². The Morgan fingerprint density at radius 1 is 1.33 bits per heavy atom. The number of hydrogen-bond acceptors (Lipinski definition) is 4. The van der Waals surface area contributed by atoms with Crippen molar-refractivity contribution in [3.05, 3.63) is 58.9 Å². The average Bonchev–Trinajstić information content (AvgIpc) is 2.77. The van der Waals surface area contributed by atoms with Gasteiger partial charge in [0.25, 0.3) is 5.91 Å². The monoisotopic (exact) mass is 429 g/mol. The molecular formula is C23H28ClN3O3. The van der Waals surface area contributed by atoms with E-state index in [0.717, 1.165) is 18.4 Å². The van der Waals surface area contributed by atoms with Gasteiger partial charge in [-0.3, -0.25) is 14.6 Å². The summed E-state index contributed by atoms with van der Waals surface area (Å²) in [4.78, 5) is 34.1. The van der Waals surface area contributed by atoms with Gasteiger partial charge in [0, 0.05) is 49.0 Å². The number of ether oxygens (including phenoxy) is 1. The zero-order chi connectivity index (χ0) is 21.7. The molecule has 1 aliphatic rings. The Morgan fingerprint density at radius 2 is 2.13 bits per heavy atom. The molecule has 1 atom stereocenters. The first kappa shape index (κ1) is 22.1. The van der Waals surface area contributed by atoms with Gasteiger partial charge in [-0.05, 0) is 42.7 Å². The molecule has 1 fully saturated rings. The highest BCUT2D eigenvalue weighted by Gasteiger charge is 2.32. The summed E-state index contributed by atoms with van der Waals surface area (Å²) >= 11 is 6.04. The Bertz CT molecular complexity index is 889. The Hall–Kier alpha value is -2.60. The number of aromatic nitrogens is 1. The van der Waals surface area contributed by atoms with Gasteiger partial charge in [-0.1, -0.05) is 31.5 Å². The lowest BCUT2D eigenvalue weighted by atomic mass is 10.00. The molecule has 2 amide bonds. The third-order valence-corrected chi connectivity index (χ3v) is 5.61. The number of pyridine rings is 1. The zero-order valence-electron chi connectivity index (χ0n) is 17.7. The standard InChI is InChI=1S/C23H28ClN3O3/c1-16(2)22(28)27(14-17-6-4-10-25-13-17)19-7-5-11-26(15-19)23(29)20-9-8-18(24)12-21(20)30-3/h4,6,8-10,12-13,16,19H,5,7,11,14-15H2,1-3H3. The summed E-state index contributed by atoms with van der Waals surface area (Å²) in [6, 6.07) is 8.83. The fraction of sp³-hybridized carbons (Fsp3) is 0.435. The molecule has 0 N–H and O–H groups in total. The SMILES string of the molecule is COc1cc(Cl)ccc1C(=O)N1CCCC(N(Cc2cccnc2)C(=O)C(C)C)C1. The van der Waals surface area contributed by atoms with Crippen LogP contribution in [0.1, 0.15) is 42.6 Å². The second-order valence-corrected chi connectivity index (χ2v) is 8.31. The molecule has 0 spiro atoms. The van der Waals surface area contributed by atoms with E-state index in [1.807, 2.05) is 35.8 Å². The number of hydrogen-bond donors (Lipinski definition) is 0. The summed E-state index contributed by atoms with van der Waals surface area (Å²) in [6.45, 7) is 5.44. The number of piperidine rings is 1. The maximum Gasteiger partial charge on any atom is 0.257 e. The normalized spacial score (nSPS) is 16.4. The van der Waals surface area contributed by atoms with Gasteiger partial charge in [-0.15, -0.1) is 0 Å². The van der Waals surface area contributed by atoms with Gasteiger partial charge in [0.15, 0.2) is 0 Å². The topological polar surface area (TPSA) is 62.7 Å². The minimum absolute atomic E-state index is 0.0453. The number of amides is 2. The lowest BCUT2D eigenvalue weighted by molar-refractivity contribution is -0.138. The van der Waals surface area contributed by atoms with Gasteiger partial charge >= 0.3 is 0 Å². The molecule has 2 aromatic rings. The van der Waals surface area contributed by atoms with Gasteiger partial charge in [-0.25, -0.2) is 0 Å².